The average Bonchev–Trinajstić information content (AvgIpc) is 2.76. The second-order valence-corrected chi connectivity index (χ2v) is 6.22. The largest absolute Gasteiger partial charge is 0.316 e. The van der Waals surface area contributed by atoms with E-state index < -0.39 is 0 Å². The molecule has 1 N–H and O–H groups in total. The van der Waals surface area contributed by atoms with Crippen molar-refractivity contribution >= 4 is 23.1 Å². The minimum Gasteiger partial charge on any atom is -0.316 e. The van der Waals surface area contributed by atoms with Crippen molar-refractivity contribution in [2.75, 3.05) is 24.6 Å². The van der Waals surface area contributed by atoms with Gasteiger partial charge in [0.25, 0.3) is 0 Å². The molecule has 0 aliphatic carbocycles. The fraction of sp³-hybridized carbons (Fsp3) is 0.750. The Kier molecular flexibility index (Phi) is 7.89. The number of thioether (sulfide) groups is 1. The van der Waals surface area contributed by atoms with E-state index in [-0.39, 0.29) is 0 Å². The Hall–Kier alpha value is -0.0600. The molecule has 0 amide bonds. The van der Waals surface area contributed by atoms with E-state index in [1.54, 1.807) is 0 Å². The van der Waals surface area contributed by atoms with Gasteiger partial charge in [-0.25, -0.2) is 4.98 Å². The lowest BCUT2D eigenvalue weighted by Crippen LogP contribution is -2.18. The van der Waals surface area contributed by atoms with Crippen molar-refractivity contribution < 1.29 is 0 Å². The predicted octanol–water partition coefficient (Wildman–Crippen LogP) is 2.98. The molecule has 0 aromatic carbocycles. The number of nitrogens with zero attached hydrogens (tertiary/aromatic N) is 1. The van der Waals surface area contributed by atoms with Crippen LogP contribution in [0.1, 0.15) is 30.2 Å². The normalized spacial score (nSPS) is 10.9. The first-order chi connectivity index (χ1) is 7.86. The van der Waals surface area contributed by atoms with Gasteiger partial charge in [0.15, 0.2) is 0 Å². The highest BCUT2D eigenvalue weighted by Crippen LogP contribution is 2.13. The smallest absolute Gasteiger partial charge is 0.0940 e. The number of aromatic nitrogens is 1. The van der Waals surface area contributed by atoms with Crippen LogP contribution in [-0.2, 0) is 12.8 Å². The lowest BCUT2D eigenvalue weighted by atomic mass is 10.4. The van der Waals surface area contributed by atoms with Gasteiger partial charge in [-0.1, -0.05) is 13.8 Å². The van der Waals surface area contributed by atoms with Crippen molar-refractivity contribution in [3.63, 3.8) is 0 Å². The number of hydrogen-bond acceptors (Lipinski definition) is 4. The highest BCUT2D eigenvalue weighted by atomic mass is 32.2. The van der Waals surface area contributed by atoms with E-state index in [9.17, 15) is 0 Å². The summed E-state index contributed by atoms with van der Waals surface area (Å²) >= 11 is 3.87. The SMILES string of the molecule is CCSCCCNCCc1ncc(CC)s1. The first-order valence-corrected chi connectivity index (χ1v) is 8.06. The van der Waals surface area contributed by atoms with Gasteiger partial charge in [0.2, 0.25) is 0 Å². The van der Waals surface area contributed by atoms with Gasteiger partial charge in [-0.3, -0.25) is 0 Å². The molecular formula is C12H22N2S2. The summed E-state index contributed by atoms with van der Waals surface area (Å²) in [5.41, 5.74) is 0. The third-order valence-electron chi connectivity index (χ3n) is 2.31. The summed E-state index contributed by atoms with van der Waals surface area (Å²) < 4.78 is 0. The first-order valence-electron chi connectivity index (χ1n) is 6.08. The van der Waals surface area contributed by atoms with Crippen molar-refractivity contribution in [2.24, 2.45) is 0 Å². The molecule has 0 spiro atoms. The summed E-state index contributed by atoms with van der Waals surface area (Å²) in [4.78, 5) is 5.81. The molecule has 0 aliphatic rings. The predicted molar refractivity (Wildman–Crippen MR) is 75.7 cm³/mol. The number of thiazole rings is 1. The molecule has 4 heteroatoms. The number of hydrogen-bond donors (Lipinski definition) is 1. The molecule has 0 saturated carbocycles. The summed E-state index contributed by atoms with van der Waals surface area (Å²) in [5.74, 6) is 2.51. The third kappa shape index (κ3) is 5.87. The highest BCUT2D eigenvalue weighted by Gasteiger charge is 1.99. The lowest BCUT2D eigenvalue weighted by Gasteiger charge is -2.02. The van der Waals surface area contributed by atoms with Gasteiger partial charge in [0, 0.05) is 24.0 Å². The zero-order chi connectivity index (χ0) is 11.6. The standard InChI is InChI=1S/C12H22N2S2/c1-3-11-10-14-12(16-11)6-8-13-7-5-9-15-4-2/h10,13H,3-9H2,1-2H3. The molecular weight excluding hydrogens is 236 g/mol. The van der Waals surface area contributed by atoms with Crippen molar-refractivity contribution in [3.05, 3.63) is 16.1 Å². The second-order valence-electron chi connectivity index (χ2n) is 3.62. The average molecular weight is 258 g/mol. The molecule has 0 bridgehead atoms. The van der Waals surface area contributed by atoms with Crippen LogP contribution in [0.4, 0.5) is 0 Å². The summed E-state index contributed by atoms with van der Waals surface area (Å²) in [6, 6.07) is 0. The number of nitrogens with one attached hydrogen (secondary N) is 1. The summed E-state index contributed by atoms with van der Waals surface area (Å²) in [7, 11) is 0. The summed E-state index contributed by atoms with van der Waals surface area (Å²) in [6.45, 7) is 6.60. The van der Waals surface area contributed by atoms with Crippen LogP contribution in [-0.4, -0.2) is 29.6 Å². The van der Waals surface area contributed by atoms with E-state index in [1.165, 1.54) is 27.8 Å². The van der Waals surface area contributed by atoms with Crippen molar-refractivity contribution in [3.8, 4) is 0 Å². The van der Waals surface area contributed by atoms with Crippen LogP contribution in [0.2, 0.25) is 0 Å². The van der Waals surface area contributed by atoms with Crippen LogP contribution in [0.5, 0.6) is 0 Å². The minimum absolute atomic E-state index is 1.06. The summed E-state index contributed by atoms with van der Waals surface area (Å²) in [6.07, 6.45) is 5.47. The molecule has 0 aliphatic heterocycles. The molecule has 1 heterocycles. The van der Waals surface area contributed by atoms with Crippen LogP contribution < -0.4 is 5.32 Å². The quantitative estimate of drug-likeness (QED) is 0.689. The summed E-state index contributed by atoms with van der Waals surface area (Å²) in [5, 5.41) is 4.74. The first kappa shape index (κ1) is 14.0. The zero-order valence-corrected chi connectivity index (χ0v) is 11.9. The monoisotopic (exact) mass is 258 g/mol. The van der Waals surface area contributed by atoms with E-state index in [2.05, 4.69) is 24.1 Å². The lowest BCUT2D eigenvalue weighted by molar-refractivity contribution is 0.673. The molecule has 1 aromatic heterocycles. The van der Waals surface area contributed by atoms with Gasteiger partial charge in [0.1, 0.15) is 0 Å². The second kappa shape index (κ2) is 9.02. The van der Waals surface area contributed by atoms with Gasteiger partial charge in [-0.15, -0.1) is 11.3 Å². The maximum Gasteiger partial charge on any atom is 0.0940 e. The van der Waals surface area contributed by atoms with Gasteiger partial charge in [-0.05, 0) is 30.9 Å². The maximum absolute atomic E-state index is 4.41. The van der Waals surface area contributed by atoms with Crippen LogP contribution >= 0.6 is 23.1 Å². The van der Waals surface area contributed by atoms with Crippen LogP contribution in [0, 0.1) is 0 Å². The molecule has 2 nitrogen and oxygen atoms in total. The van der Waals surface area contributed by atoms with E-state index in [0.29, 0.717) is 0 Å². The zero-order valence-electron chi connectivity index (χ0n) is 10.3. The molecule has 0 radical (unpaired) electrons. The molecule has 0 unspecified atom stereocenters. The Morgan fingerprint density at radius 2 is 2.25 bits per heavy atom. The van der Waals surface area contributed by atoms with Crippen LogP contribution in [0.25, 0.3) is 0 Å². The fourth-order valence-electron chi connectivity index (χ4n) is 1.39. The molecule has 1 rings (SSSR count). The van der Waals surface area contributed by atoms with Crippen LogP contribution in [0.3, 0.4) is 0 Å². The van der Waals surface area contributed by atoms with E-state index >= 15 is 0 Å². The van der Waals surface area contributed by atoms with E-state index in [1.807, 2.05) is 29.3 Å². The molecule has 1 aromatic rings. The fourth-order valence-corrected chi connectivity index (χ4v) is 2.89. The maximum atomic E-state index is 4.41. The Labute approximate surface area is 107 Å². The Morgan fingerprint density at radius 3 is 2.94 bits per heavy atom. The molecule has 0 atom stereocenters. The van der Waals surface area contributed by atoms with Gasteiger partial charge in [0.05, 0.1) is 5.01 Å². The molecule has 0 fully saturated rings. The van der Waals surface area contributed by atoms with Crippen molar-refractivity contribution in [1.82, 2.24) is 10.3 Å². The van der Waals surface area contributed by atoms with Gasteiger partial charge < -0.3 is 5.32 Å². The van der Waals surface area contributed by atoms with Crippen molar-refractivity contribution in [1.29, 1.82) is 0 Å². The Balaban J connectivity index is 1.98. The van der Waals surface area contributed by atoms with Gasteiger partial charge >= 0.3 is 0 Å². The highest BCUT2D eigenvalue weighted by molar-refractivity contribution is 7.99. The molecule has 16 heavy (non-hydrogen) atoms. The molecule has 0 saturated heterocycles. The third-order valence-corrected chi connectivity index (χ3v) is 4.50. The Bertz CT molecular complexity index is 274. The number of aryl methyl sites for hydroxylation is 1. The minimum atomic E-state index is 1.06. The Morgan fingerprint density at radius 1 is 1.38 bits per heavy atom. The number of rotatable bonds is 9. The van der Waals surface area contributed by atoms with E-state index in [0.717, 1.165) is 25.9 Å². The topological polar surface area (TPSA) is 24.9 Å². The van der Waals surface area contributed by atoms with Crippen LogP contribution in [0.15, 0.2) is 6.20 Å². The van der Waals surface area contributed by atoms with E-state index in [4.69, 9.17) is 0 Å². The van der Waals surface area contributed by atoms with Gasteiger partial charge in [-0.2, -0.15) is 11.8 Å². The molecule has 92 valence electrons. The van der Waals surface area contributed by atoms with Crippen molar-refractivity contribution in [2.45, 2.75) is 33.1 Å².